The quantitative estimate of drug-likeness (QED) is 0.343. The van der Waals surface area contributed by atoms with E-state index in [0.717, 1.165) is 37.7 Å². The minimum absolute atomic E-state index is 0.179. The van der Waals surface area contributed by atoms with E-state index in [1.165, 1.54) is 18.2 Å². The smallest absolute Gasteiger partial charge is 0.306 e. The summed E-state index contributed by atoms with van der Waals surface area (Å²) in [4.78, 5) is 30.8. The van der Waals surface area contributed by atoms with E-state index < -0.39 is 17.2 Å². The van der Waals surface area contributed by atoms with Crippen molar-refractivity contribution in [3.05, 3.63) is 64.6 Å². The van der Waals surface area contributed by atoms with Gasteiger partial charge in [0.1, 0.15) is 29.5 Å². The fourth-order valence-corrected chi connectivity index (χ4v) is 5.31. The average Bonchev–Trinajstić information content (AvgIpc) is 3.17. The predicted octanol–water partition coefficient (Wildman–Crippen LogP) is 6.22. The van der Waals surface area contributed by atoms with Gasteiger partial charge >= 0.3 is 5.97 Å². The van der Waals surface area contributed by atoms with Crippen LogP contribution in [0, 0.1) is 30.9 Å². The molecule has 1 fully saturated rings. The van der Waals surface area contributed by atoms with Crippen LogP contribution in [0.25, 0.3) is 5.65 Å². The molecule has 0 unspecified atom stereocenters. The fraction of sp³-hybridized carbons (Fsp3) is 0.500. The molecule has 0 bridgehead atoms. The lowest BCUT2D eigenvalue weighted by Crippen LogP contribution is -2.42. The van der Waals surface area contributed by atoms with Gasteiger partial charge in [-0.3, -0.25) is 14.0 Å². The van der Waals surface area contributed by atoms with Crippen molar-refractivity contribution in [1.82, 2.24) is 14.7 Å². The molecule has 3 aromatic rings. The number of esters is 1. The number of aromatic nitrogens is 2. The zero-order valence-electron chi connectivity index (χ0n) is 23.3. The molecule has 1 aliphatic carbocycles. The van der Waals surface area contributed by atoms with E-state index in [-0.39, 0.29) is 35.9 Å². The molecule has 0 radical (unpaired) electrons. The SMILES string of the molecule is Cc1cc(OCc2c(F)cccc2F)c2nc(C)c(C(=O)NCC3(CC(=O)OC(C)(C)C)CCCCC3)n2c1. The van der Waals surface area contributed by atoms with E-state index in [0.29, 0.717) is 29.3 Å². The van der Waals surface area contributed by atoms with Crippen LogP contribution in [0.2, 0.25) is 0 Å². The maximum absolute atomic E-state index is 14.1. The molecule has 1 N–H and O–H groups in total. The van der Waals surface area contributed by atoms with Gasteiger partial charge in [-0.05, 0) is 76.6 Å². The van der Waals surface area contributed by atoms with E-state index in [9.17, 15) is 18.4 Å². The number of rotatable bonds is 8. The van der Waals surface area contributed by atoms with E-state index in [1.54, 1.807) is 23.6 Å². The van der Waals surface area contributed by atoms with Gasteiger partial charge in [-0.25, -0.2) is 13.8 Å². The average molecular weight is 542 g/mol. The van der Waals surface area contributed by atoms with Crippen LogP contribution in [0.4, 0.5) is 8.78 Å². The number of carbonyl (C=O) groups is 2. The number of benzene rings is 1. The highest BCUT2D eigenvalue weighted by molar-refractivity contribution is 5.95. The molecular formula is C30H37F2N3O4. The van der Waals surface area contributed by atoms with Crippen LogP contribution in [0.1, 0.15) is 86.6 Å². The van der Waals surface area contributed by atoms with E-state index in [4.69, 9.17) is 9.47 Å². The van der Waals surface area contributed by atoms with Crippen molar-refractivity contribution in [3.8, 4) is 5.75 Å². The molecule has 2 heterocycles. The molecule has 9 heteroatoms. The van der Waals surface area contributed by atoms with Crippen LogP contribution in [-0.2, 0) is 16.1 Å². The number of amides is 1. The second-order valence-corrected chi connectivity index (χ2v) is 11.6. The first kappa shape index (κ1) is 28.5. The number of pyridine rings is 1. The third kappa shape index (κ3) is 6.75. The molecule has 0 atom stereocenters. The number of fused-ring (bicyclic) bond motifs is 1. The molecule has 1 aromatic carbocycles. The molecule has 1 amide bonds. The number of imidazole rings is 1. The maximum Gasteiger partial charge on any atom is 0.306 e. The van der Waals surface area contributed by atoms with Gasteiger partial charge in [0.2, 0.25) is 0 Å². The topological polar surface area (TPSA) is 81.9 Å². The number of aryl methyl sites for hydroxylation is 2. The van der Waals surface area contributed by atoms with Crippen molar-refractivity contribution >= 4 is 17.5 Å². The Morgan fingerprint density at radius 1 is 1.10 bits per heavy atom. The molecule has 0 aliphatic heterocycles. The molecular weight excluding hydrogens is 504 g/mol. The highest BCUT2D eigenvalue weighted by Crippen LogP contribution is 2.39. The Morgan fingerprint density at radius 3 is 2.41 bits per heavy atom. The molecule has 4 rings (SSSR count). The summed E-state index contributed by atoms with van der Waals surface area (Å²) in [6.45, 7) is 9.14. The molecule has 2 aromatic heterocycles. The number of nitrogens with one attached hydrogen (secondary N) is 1. The second kappa shape index (κ2) is 11.3. The maximum atomic E-state index is 14.1. The highest BCUT2D eigenvalue weighted by Gasteiger charge is 2.37. The summed E-state index contributed by atoms with van der Waals surface area (Å²) in [5.74, 6) is -1.64. The summed E-state index contributed by atoms with van der Waals surface area (Å²) in [6, 6.07) is 5.38. The predicted molar refractivity (Wildman–Crippen MR) is 144 cm³/mol. The third-order valence-electron chi connectivity index (χ3n) is 7.12. The van der Waals surface area contributed by atoms with Gasteiger partial charge in [0, 0.05) is 12.7 Å². The van der Waals surface area contributed by atoms with Gasteiger partial charge in [0.15, 0.2) is 11.4 Å². The van der Waals surface area contributed by atoms with Crippen LogP contribution in [0.3, 0.4) is 0 Å². The summed E-state index contributed by atoms with van der Waals surface area (Å²) >= 11 is 0. The zero-order chi connectivity index (χ0) is 28.4. The first-order valence-corrected chi connectivity index (χ1v) is 13.4. The molecule has 7 nitrogen and oxygen atoms in total. The van der Waals surface area contributed by atoms with Crippen LogP contribution in [0.15, 0.2) is 30.5 Å². The summed E-state index contributed by atoms with van der Waals surface area (Å²) in [6.07, 6.45) is 6.80. The van der Waals surface area contributed by atoms with Crippen LogP contribution in [0.5, 0.6) is 5.75 Å². The Labute approximate surface area is 227 Å². The van der Waals surface area contributed by atoms with Crippen LogP contribution in [-0.4, -0.2) is 33.4 Å². The summed E-state index contributed by atoms with van der Waals surface area (Å²) in [5.41, 5.74) is 0.885. The van der Waals surface area contributed by atoms with Gasteiger partial charge < -0.3 is 14.8 Å². The van der Waals surface area contributed by atoms with Crippen LogP contribution >= 0.6 is 0 Å². The third-order valence-corrected chi connectivity index (χ3v) is 7.12. The lowest BCUT2D eigenvalue weighted by atomic mass is 9.71. The van der Waals surface area contributed by atoms with Crippen molar-refractivity contribution in [1.29, 1.82) is 0 Å². The molecule has 1 saturated carbocycles. The van der Waals surface area contributed by atoms with Crippen molar-refractivity contribution in [2.45, 2.75) is 85.4 Å². The van der Waals surface area contributed by atoms with E-state index in [2.05, 4.69) is 10.3 Å². The van der Waals surface area contributed by atoms with Gasteiger partial charge in [0.25, 0.3) is 5.91 Å². The monoisotopic (exact) mass is 541 g/mol. The second-order valence-electron chi connectivity index (χ2n) is 11.6. The Morgan fingerprint density at radius 2 is 1.77 bits per heavy atom. The Balaban J connectivity index is 1.55. The molecule has 210 valence electrons. The van der Waals surface area contributed by atoms with E-state index in [1.807, 2.05) is 27.7 Å². The minimum atomic E-state index is -0.693. The number of hydrogen-bond donors (Lipinski definition) is 1. The van der Waals surface area contributed by atoms with Crippen molar-refractivity contribution in [2.75, 3.05) is 6.54 Å². The van der Waals surface area contributed by atoms with Crippen molar-refractivity contribution in [3.63, 3.8) is 0 Å². The first-order chi connectivity index (χ1) is 18.4. The van der Waals surface area contributed by atoms with Gasteiger partial charge in [-0.2, -0.15) is 0 Å². The van der Waals surface area contributed by atoms with Crippen molar-refractivity contribution < 1.29 is 27.8 Å². The van der Waals surface area contributed by atoms with Crippen LogP contribution < -0.4 is 10.1 Å². The van der Waals surface area contributed by atoms with Gasteiger partial charge in [-0.1, -0.05) is 25.3 Å². The Bertz CT molecular complexity index is 1350. The normalized spacial score (nSPS) is 15.3. The number of ether oxygens (including phenoxy) is 2. The Hall–Kier alpha value is -3.49. The lowest BCUT2D eigenvalue weighted by molar-refractivity contribution is -0.158. The van der Waals surface area contributed by atoms with Gasteiger partial charge in [-0.15, -0.1) is 0 Å². The standard InChI is InChI=1S/C30H37F2N3O4/c1-19-14-24(38-17-21-22(31)10-9-11-23(21)32)27-34-20(2)26(35(27)16-19)28(37)33-18-30(12-7-6-8-13-30)15-25(36)39-29(3,4)5/h9-11,14,16H,6-8,12-13,15,17-18H2,1-5H3,(H,33,37). The lowest BCUT2D eigenvalue weighted by Gasteiger charge is -2.37. The molecule has 0 saturated heterocycles. The largest absolute Gasteiger partial charge is 0.485 e. The van der Waals surface area contributed by atoms with Gasteiger partial charge in [0.05, 0.1) is 17.7 Å². The zero-order valence-corrected chi connectivity index (χ0v) is 23.3. The minimum Gasteiger partial charge on any atom is -0.485 e. The number of nitrogens with zero attached hydrogens (tertiary/aromatic N) is 2. The molecule has 1 aliphatic rings. The van der Waals surface area contributed by atoms with Crippen molar-refractivity contribution in [2.24, 2.45) is 5.41 Å². The summed E-state index contributed by atoms with van der Waals surface area (Å²) in [7, 11) is 0. The molecule has 0 spiro atoms. The molecule has 39 heavy (non-hydrogen) atoms. The number of carbonyl (C=O) groups excluding carboxylic acids is 2. The summed E-state index contributed by atoms with van der Waals surface area (Å²) < 4.78 is 41.3. The summed E-state index contributed by atoms with van der Waals surface area (Å²) in [5, 5.41) is 3.06. The fourth-order valence-electron chi connectivity index (χ4n) is 5.31. The van der Waals surface area contributed by atoms with E-state index >= 15 is 0 Å². The number of hydrogen-bond acceptors (Lipinski definition) is 5. The number of halogens is 2. The highest BCUT2D eigenvalue weighted by atomic mass is 19.1. The Kier molecular flexibility index (Phi) is 8.28. The first-order valence-electron chi connectivity index (χ1n) is 13.4.